The van der Waals surface area contributed by atoms with Crippen LogP contribution in [0.5, 0.6) is 0 Å². The van der Waals surface area contributed by atoms with E-state index in [0.29, 0.717) is 6.04 Å². The average molecular weight is 396 g/mol. The third-order valence-electron chi connectivity index (χ3n) is 5.11. The van der Waals surface area contributed by atoms with Crippen molar-refractivity contribution in [2.75, 3.05) is 14.1 Å². The topological polar surface area (TPSA) is 3.24 Å². The molecule has 3 rings (SSSR count). The number of allylic oxidation sites excluding steroid dienone is 8. The minimum atomic E-state index is 0. The van der Waals surface area contributed by atoms with Crippen LogP contribution in [0, 0.1) is 23.6 Å². The Balaban J connectivity index is 0.000000391. The molecule has 1 atom stereocenters. The maximum absolute atomic E-state index is 3.44. The van der Waals surface area contributed by atoms with Crippen LogP contribution in [0.2, 0.25) is 0 Å². The van der Waals surface area contributed by atoms with Crippen LogP contribution in [0.1, 0.15) is 59.6 Å². The van der Waals surface area contributed by atoms with Crippen molar-refractivity contribution in [3.63, 3.8) is 0 Å². The Labute approximate surface area is 182 Å². The molecule has 0 fully saturated rings. The minimum absolute atomic E-state index is 0. The van der Waals surface area contributed by atoms with Crippen LogP contribution in [0.15, 0.2) is 59.2 Å². The number of rotatable bonds is 2. The molecule has 0 spiro atoms. The normalized spacial score (nSPS) is 17.4. The molecule has 0 aliphatic heterocycles. The second-order valence-electron chi connectivity index (χ2n) is 7.59. The first-order valence-corrected chi connectivity index (χ1v) is 9.31. The molecule has 2 aliphatic carbocycles. The van der Waals surface area contributed by atoms with Gasteiger partial charge in [-0.15, -0.1) is 18.9 Å². The zero-order valence-electron chi connectivity index (χ0n) is 18.3. The number of hydrogen-bond acceptors (Lipinski definition) is 1. The fourth-order valence-corrected chi connectivity index (χ4v) is 2.69. The summed E-state index contributed by atoms with van der Waals surface area (Å²) in [7, 11) is 4.15. The van der Waals surface area contributed by atoms with Crippen molar-refractivity contribution in [2.24, 2.45) is 5.41 Å². The first-order chi connectivity index (χ1) is 12.2. The third-order valence-corrected chi connectivity index (χ3v) is 5.11. The monoisotopic (exact) mass is 396 g/mol. The van der Waals surface area contributed by atoms with Gasteiger partial charge in [0.05, 0.1) is 0 Å². The molecule has 0 aromatic heterocycles. The third kappa shape index (κ3) is 8.60. The molecule has 0 bridgehead atoms. The summed E-state index contributed by atoms with van der Waals surface area (Å²) in [5.41, 5.74) is 5.64. The SMILES string of the molecule is CC(c1[c-]cccc1)N(C)C.CC1=[C-]C(C)(C)C(C)=C1C.[C-]1=CC=CC1.[Ti+3]. The van der Waals surface area contributed by atoms with Gasteiger partial charge in [-0.3, -0.25) is 12.2 Å². The summed E-state index contributed by atoms with van der Waals surface area (Å²) in [6.45, 7) is 13.1. The van der Waals surface area contributed by atoms with E-state index in [4.69, 9.17) is 0 Å². The fourth-order valence-electron chi connectivity index (χ4n) is 2.69. The summed E-state index contributed by atoms with van der Waals surface area (Å²) in [4.78, 5) is 2.17. The first kappa shape index (κ1) is 25.9. The van der Waals surface area contributed by atoms with Crippen LogP contribution < -0.4 is 0 Å². The van der Waals surface area contributed by atoms with Crippen LogP contribution >= 0.6 is 0 Å². The maximum atomic E-state index is 3.44. The van der Waals surface area contributed by atoms with E-state index in [2.05, 4.69) is 90.9 Å². The summed E-state index contributed by atoms with van der Waals surface area (Å²) >= 11 is 0. The predicted molar refractivity (Wildman–Crippen MR) is 114 cm³/mol. The Kier molecular flexibility index (Phi) is 11.8. The van der Waals surface area contributed by atoms with Gasteiger partial charge in [-0.1, -0.05) is 33.1 Å². The molecular weight excluding hydrogens is 362 g/mol. The van der Waals surface area contributed by atoms with E-state index in [0.717, 1.165) is 6.42 Å². The van der Waals surface area contributed by atoms with Gasteiger partial charge in [0.25, 0.3) is 0 Å². The molecule has 1 radical (unpaired) electrons. The molecule has 0 heterocycles. The Morgan fingerprint density at radius 3 is 2.04 bits per heavy atom. The zero-order chi connectivity index (χ0) is 19.7. The molecular formula is C25H34NTi. The molecule has 0 saturated heterocycles. The van der Waals surface area contributed by atoms with E-state index in [1.807, 2.05) is 30.4 Å². The minimum Gasteiger partial charge on any atom is -0.305 e. The molecule has 0 amide bonds. The fraction of sp³-hybridized carbons (Fsp3) is 0.440. The van der Waals surface area contributed by atoms with Crippen LogP contribution in [0.3, 0.4) is 0 Å². The van der Waals surface area contributed by atoms with Gasteiger partial charge in [-0.05, 0) is 21.0 Å². The molecule has 1 aromatic carbocycles. The molecule has 2 aliphatic rings. The quantitative estimate of drug-likeness (QED) is 0.406. The van der Waals surface area contributed by atoms with Crippen LogP contribution in [0.4, 0.5) is 0 Å². The molecule has 143 valence electrons. The van der Waals surface area contributed by atoms with E-state index in [-0.39, 0.29) is 27.1 Å². The standard InChI is InChI=1S/C10H14N.C10H15.C5H5.Ti/c1-9(11(2)3)10-7-5-4-6-8-10;1-7-6-10(4,5)9(3)8(7)2;1-2-4-5-3-1;/h4-7,9H,1-3H3;1-5H3;1-3H,4H2;/q3*-1;+3. The summed E-state index contributed by atoms with van der Waals surface area (Å²) in [5, 5.41) is 0. The largest absolute Gasteiger partial charge is 3.00 e. The number of nitrogens with zero attached hydrogens (tertiary/aromatic N) is 1. The van der Waals surface area contributed by atoms with Gasteiger partial charge in [0.15, 0.2) is 0 Å². The second-order valence-corrected chi connectivity index (χ2v) is 7.59. The van der Waals surface area contributed by atoms with Crippen molar-refractivity contribution >= 4 is 0 Å². The van der Waals surface area contributed by atoms with Crippen molar-refractivity contribution < 1.29 is 21.7 Å². The predicted octanol–water partition coefficient (Wildman–Crippen LogP) is 6.52. The molecule has 27 heavy (non-hydrogen) atoms. The molecule has 0 saturated carbocycles. The maximum Gasteiger partial charge on any atom is 3.00 e. The summed E-state index contributed by atoms with van der Waals surface area (Å²) in [5.74, 6) is 0. The van der Waals surface area contributed by atoms with Gasteiger partial charge in [0.2, 0.25) is 0 Å². The number of benzene rings is 1. The van der Waals surface area contributed by atoms with Gasteiger partial charge in [-0.2, -0.15) is 47.6 Å². The second kappa shape index (κ2) is 12.3. The number of hydrogen-bond donors (Lipinski definition) is 0. The van der Waals surface area contributed by atoms with Crippen molar-refractivity contribution in [3.05, 3.63) is 83.0 Å². The Morgan fingerprint density at radius 1 is 1.11 bits per heavy atom. The smallest absolute Gasteiger partial charge is 0.305 e. The molecule has 1 unspecified atom stereocenters. The molecule has 0 N–H and O–H groups in total. The van der Waals surface area contributed by atoms with Crippen LogP contribution in [-0.4, -0.2) is 19.0 Å². The summed E-state index contributed by atoms with van der Waals surface area (Å²) in [6, 6.07) is 11.8. The van der Waals surface area contributed by atoms with E-state index >= 15 is 0 Å². The van der Waals surface area contributed by atoms with E-state index < -0.39 is 0 Å². The molecule has 1 aromatic rings. The van der Waals surface area contributed by atoms with Gasteiger partial charge < -0.3 is 4.90 Å². The van der Waals surface area contributed by atoms with Gasteiger partial charge in [-0.25, -0.2) is 17.7 Å². The summed E-state index contributed by atoms with van der Waals surface area (Å²) < 4.78 is 0. The summed E-state index contributed by atoms with van der Waals surface area (Å²) in [6.07, 6.45) is 13.4. The Hall–Kier alpha value is -1.15. The first-order valence-electron chi connectivity index (χ1n) is 9.31. The van der Waals surface area contributed by atoms with E-state index in [1.165, 1.54) is 22.3 Å². The van der Waals surface area contributed by atoms with Crippen molar-refractivity contribution in [3.8, 4) is 0 Å². The molecule has 1 nitrogen and oxygen atoms in total. The van der Waals surface area contributed by atoms with Gasteiger partial charge in [0.1, 0.15) is 0 Å². The van der Waals surface area contributed by atoms with Crippen LogP contribution in [-0.2, 0) is 21.7 Å². The zero-order valence-corrected chi connectivity index (χ0v) is 19.8. The van der Waals surface area contributed by atoms with Crippen molar-refractivity contribution in [2.45, 2.75) is 54.0 Å². The van der Waals surface area contributed by atoms with Gasteiger partial charge in [0, 0.05) is 6.04 Å². The molecule has 2 heteroatoms. The average Bonchev–Trinajstić information content (AvgIpc) is 3.24. The Morgan fingerprint density at radius 2 is 1.78 bits per heavy atom. The van der Waals surface area contributed by atoms with Crippen molar-refractivity contribution in [1.82, 2.24) is 4.90 Å². The van der Waals surface area contributed by atoms with Crippen molar-refractivity contribution in [1.29, 1.82) is 0 Å². The van der Waals surface area contributed by atoms with Crippen LogP contribution in [0.25, 0.3) is 0 Å². The van der Waals surface area contributed by atoms with E-state index in [9.17, 15) is 0 Å². The Bertz CT molecular complexity index is 666. The van der Waals surface area contributed by atoms with E-state index in [1.54, 1.807) is 0 Å². The van der Waals surface area contributed by atoms with Gasteiger partial charge >= 0.3 is 21.7 Å².